The maximum absolute atomic E-state index is 14.6. The summed E-state index contributed by atoms with van der Waals surface area (Å²) in [6.07, 6.45) is -14.8. The summed E-state index contributed by atoms with van der Waals surface area (Å²) in [4.78, 5) is 0. The van der Waals surface area contributed by atoms with Crippen LogP contribution in [0.2, 0.25) is 0 Å². The van der Waals surface area contributed by atoms with Crippen molar-refractivity contribution in [2.24, 2.45) is 0 Å². The van der Waals surface area contributed by atoms with Crippen LogP contribution in [0.4, 0.5) is 39.5 Å². The summed E-state index contributed by atoms with van der Waals surface area (Å²) in [5.74, 6) is -6.74. The number of rotatable bonds is 7. The third-order valence-electron chi connectivity index (χ3n) is 3.49. The van der Waals surface area contributed by atoms with E-state index in [0.29, 0.717) is 0 Å². The van der Waals surface area contributed by atoms with Crippen LogP contribution in [0.3, 0.4) is 0 Å². The topological polar surface area (TPSA) is 18.5 Å². The van der Waals surface area contributed by atoms with Gasteiger partial charge in [0.2, 0.25) is 0 Å². The molecule has 0 spiro atoms. The molecule has 1 radical (unpaired) electrons. The second-order valence-corrected chi connectivity index (χ2v) is 5.48. The molecule has 0 fully saturated rings. The fourth-order valence-electron chi connectivity index (χ4n) is 2.32. The molecule has 1 rings (SSSR count). The van der Waals surface area contributed by atoms with E-state index >= 15 is 0 Å². The number of ether oxygens (including phenoxy) is 2. The standard InChI is InChI=1S/C16H16F9O2/c1-4-26-12(27-5-2)10-6-9(3)7-11(8-10)13(17,15(20,21)22)14(18,19)16(23,24)25/h7-8,12H,4-5H2,1-3H3. The molecular weight excluding hydrogens is 395 g/mol. The Bertz CT molecular complexity index is 634. The number of hydrogen-bond donors (Lipinski definition) is 0. The Labute approximate surface area is 149 Å². The van der Waals surface area contributed by atoms with Gasteiger partial charge in [0.25, 0.3) is 0 Å². The maximum atomic E-state index is 14.6. The van der Waals surface area contributed by atoms with Gasteiger partial charge in [0.15, 0.2) is 6.29 Å². The van der Waals surface area contributed by atoms with Crippen LogP contribution >= 0.6 is 0 Å². The lowest BCUT2D eigenvalue weighted by Crippen LogP contribution is -2.59. The lowest BCUT2D eigenvalue weighted by molar-refractivity contribution is -0.389. The summed E-state index contributed by atoms with van der Waals surface area (Å²) >= 11 is 0. The Morgan fingerprint density at radius 3 is 1.70 bits per heavy atom. The van der Waals surface area contributed by atoms with Crippen molar-refractivity contribution in [3.63, 3.8) is 0 Å². The van der Waals surface area contributed by atoms with E-state index in [1.54, 1.807) is 0 Å². The monoisotopic (exact) mass is 411 g/mol. The van der Waals surface area contributed by atoms with Gasteiger partial charge >= 0.3 is 23.9 Å². The van der Waals surface area contributed by atoms with Gasteiger partial charge in [-0.3, -0.25) is 0 Å². The lowest BCUT2D eigenvalue weighted by Gasteiger charge is -2.36. The zero-order chi connectivity index (χ0) is 21.3. The van der Waals surface area contributed by atoms with E-state index in [-0.39, 0.29) is 30.9 Å². The fraction of sp³-hybridized carbons (Fsp3) is 0.625. The molecule has 1 aromatic rings. The molecule has 1 aromatic carbocycles. The van der Waals surface area contributed by atoms with E-state index in [1.807, 2.05) is 0 Å². The summed E-state index contributed by atoms with van der Waals surface area (Å²) in [7, 11) is 0. The van der Waals surface area contributed by atoms with Crippen LogP contribution in [-0.4, -0.2) is 31.5 Å². The zero-order valence-electron chi connectivity index (χ0n) is 14.4. The third-order valence-corrected chi connectivity index (χ3v) is 3.49. The van der Waals surface area contributed by atoms with Crippen LogP contribution in [0.5, 0.6) is 0 Å². The number of benzene rings is 1. The predicted octanol–water partition coefficient (Wildman–Crippen LogP) is 5.79. The Morgan fingerprint density at radius 2 is 1.33 bits per heavy atom. The number of halogens is 9. The van der Waals surface area contributed by atoms with Gasteiger partial charge in [-0.15, -0.1) is 0 Å². The van der Waals surface area contributed by atoms with Crippen LogP contribution in [0.1, 0.15) is 36.8 Å². The van der Waals surface area contributed by atoms with Crippen molar-refractivity contribution in [3.05, 3.63) is 34.9 Å². The molecule has 155 valence electrons. The summed E-state index contributed by atoms with van der Waals surface area (Å²) in [6, 6.07) is 2.84. The van der Waals surface area contributed by atoms with Gasteiger partial charge in [0.1, 0.15) is 0 Å². The average Bonchev–Trinajstić information content (AvgIpc) is 2.50. The highest BCUT2D eigenvalue weighted by atomic mass is 19.4. The molecule has 0 bridgehead atoms. The molecule has 0 aliphatic carbocycles. The first kappa shape index (κ1) is 23.5. The quantitative estimate of drug-likeness (QED) is 0.418. The Hall–Kier alpha value is -1.49. The van der Waals surface area contributed by atoms with Crippen molar-refractivity contribution in [2.75, 3.05) is 13.2 Å². The van der Waals surface area contributed by atoms with Crippen LogP contribution in [0.25, 0.3) is 0 Å². The second kappa shape index (κ2) is 7.86. The van der Waals surface area contributed by atoms with Gasteiger partial charge in [-0.05, 0) is 38.5 Å². The van der Waals surface area contributed by atoms with E-state index in [2.05, 4.69) is 6.07 Å². The fourth-order valence-corrected chi connectivity index (χ4v) is 2.32. The minimum Gasteiger partial charge on any atom is -0.349 e. The molecule has 1 unspecified atom stereocenters. The van der Waals surface area contributed by atoms with Gasteiger partial charge in [0, 0.05) is 24.3 Å². The van der Waals surface area contributed by atoms with Gasteiger partial charge in [-0.1, -0.05) is 6.07 Å². The molecule has 1 atom stereocenters. The van der Waals surface area contributed by atoms with E-state index in [1.165, 1.54) is 13.8 Å². The van der Waals surface area contributed by atoms with Gasteiger partial charge in [-0.2, -0.15) is 35.1 Å². The minimum absolute atomic E-state index is 0.0273. The summed E-state index contributed by atoms with van der Waals surface area (Å²) in [5.41, 5.74) is -8.70. The Morgan fingerprint density at radius 1 is 0.852 bits per heavy atom. The van der Waals surface area contributed by atoms with Gasteiger partial charge in [-0.25, -0.2) is 4.39 Å². The highest BCUT2D eigenvalue weighted by molar-refractivity contribution is 5.36. The molecule has 0 amide bonds. The van der Waals surface area contributed by atoms with Crippen molar-refractivity contribution in [1.82, 2.24) is 0 Å². The van der Waals surface area contributed by atoms with Gasteiger partial charge < -0.3 is 9.47 Å². The lowest BCUT2D eigenvalue weighted by atomic mass is 9.85. The number of alkyl halides is 9. The van der Waals surface area contributed by atoms with Gasteiger partial charge in [0.05, 0.1) is 0 Å². The third kappa shape index (κ3) is 4.34. The second-order valence-electron chi connectivity index (χ2n) is 5.48. The molecule has 0 saturated carbocycles. The Kier molecular flexibility index (Phi) is 6.86. The van der Waals surface area contributed by atoms with Crippen molar-refractivity contribution >= 4 is 0 Å². The van der Waals surface area contributed by atoms with E-state index in [0.717, 1.165) is 6.92 Å². The van der Waals surface area contributed by atoms with E-state index in [4.69, 9.17) is 9.47 Å². The van der Waals surface area contributed by atoms with Crippen LogP contribution in [0, 0.1) is 13.0 Å². The SMILES string of the molecule is CCOC(OCC)c1[c]c(C)cc(C(F)(C(F)(F)F)C(F)(F)C(F)(F)F)c1. The van der Waals surface area contributed by atoms with Crippen molar-refractivity contribution in [2.45, 2.75) is 51.0 Å². The summed E-state index contributed by atoms with van der Waals surface area (Å²) in [5, 5.41) is 0. The largest absolute Gasteiger partial charge is 0.457 e. The smallest absolute Gasteiger partial charge is 0.349 e. The maximum Gasteiger partial charge on any atom is 0.457 e. The molecule has 0 aromatic heterocycles. The van der Waals surface area contributed by atoms with E-state index in [9.17, 15) is 39.5 Å². The first-order valence-corrected chi connectivity index (χ1v) is 7.61. The Balaban J connectivity index is 3.71. The van der Waals surface area contributed by atoms with Crippen LogP contribution in [0.15, 0.2) is 12.1 Å². The molecular formula is C16H16F9O2. The molecule has 0 aliphatic rings. The normalized spacial score (nSPS) is 15.9. The average molecular weight is 411 g/mol. The zero-order valence-corrected chi connectivity index (χ0v) is 14.4. The number of aryl methyl sites for hydroxylation is 1. The van der Waals surface area contributed by atoms with E-state index < -0.39 is 41.4 Å². The first-order valence-electron chi connectivity index (χ1n) is 7.61. The van der Waals surface area contributed by atoms with Crippen molar-refractivity contribution < 1.29 is 49.0 Å². The van der Waals surface area contributed by atoms with Crippen LogP contribution < -0.4 is 0 Å². The van der Waals surface area contributed by atoms with Crippen molar-refractivity contribution in [3.8, 4) is 0 Å². The number of hydrogen-bond acceptors (Lipinski definition) is 2. The molecule has 0 N–H and O–H groups in total. The molecule has 0 saturated heterocycles. The molecule has 2 nitrogen and oxygen atoms in total. The summed E-state index contributed by atoms with van der Waals surface area (Å²) < 4.78 is 129. The highest BCUT2D eigenvalue weighted by Crippen LogP contribution is 2.58. The predicted molar refractivity (Wildman–Crippen MR) is 75.9 cm³/mol. The summed E-state index contributed by atoms with van der Waals surface area (Å²) in [6.45, 7) is 3.97. The molecule has 27 heavy (non-hydrogen) atoms. The first-order chi connectivity index (χ1) is 12.1. The highest BCUT2D eigenvalue weighted by Gasteiger charge is 2.81. The molecule has 0 aliphatic heterocycles. The minimum atomic E-state index is -6.79. The molecule has 0 heterocycles. The van der Waals surface area contributed by atoms with Crippen molar-refractivity contribution in [1.29, 1.82) is 0 Å². The van der Waals surface area contributed by atoms with Crippen LogP contribution in [-0.2, 0) is 15.1 Å². The molecule has 11 heteroatoms.